The number of aromatic nitrogens is 3. The van der Waals surface area contributed by atoms with Crippen molar-refractivity contribution in [2.75, 3.05) is 11.9 Å². The lowest BCUT2D eigenvalue weighted by molar-refractivity contribution is -0.121. The summed E-state index contributed by atoms with van der Waals surface area (Å²) in [6, 6.07) is 7.66. The van der Waals surface area contributed by atoms with E-state index in [1.54, 1.807) is 13.1 Å². The Labute approximate surface area is 134 Å². The number of nitrogens with one attached hydrogen (secondary N) is 2. The first-order valence-electron chi connectivity index (χ1n) is 7.26. The summed E-state index contributed by atoms with van der Waals surface area (Å²) in [5.41, 5.74) is 2.79. The normalized spacial score (nSPS) is 9.96. The lowest BCUT2D eigenvalue weighted by Crippen LogP contribution is -2.25. The van der Waals surface area contributed by atoms with Gasteiger partial charge in [0.15, 0.2) is 5.82 Å². The van der Waals surface area contributed by atoms with Crippen LogP contribution in [0.1, 0.15) is 28.9 Å². The summed E-state index contributed by atoms with van der Waals surface area (Å²) in [7, 11) is 0. The van der Waals surface area contributed by atoms with Crippen molar-refractivity contribution < 1.29 is 4.79 Å². The molecule has 0 unspecified atom stereocenters. The van der Waals surface area contributed by atoms with Gasteiger partial charge in [0.05, 0.1) is 17.9 Å². The van der Waals surface area contributed by atoms with Gasteiger partial charge >= 0.3 is 0 Å². The van der Waals surface area contributed by atoms with E-state index in [4.69, 9.17) is 0 Å². The van der Waals surface area contributed by atoms with Crippen LogP contribution in [0.4, 0.5) is 5.82 Å². The number of anilines is 1. The highest BCUT2D eigenvalue weighted by Gasteiger charge is 2.10. The fourth-order valence-corrected chi connectivity index (χ4v) is 1.94. The Balaban J connectivity index is 1.82. The van der Waals surface area contributed by atoms with E-state index >= 15 is 0 Å². The lowest BCUT2D eigenvalue weighted by atomic mass is 10.1. The summed E-state index contributed by atoms with van der Waals surface area (Å²) in [6.45, 7) is 4.40. The van der Waals surface area contributed by atoms with E-state index in [2.05, 4.69) is 31.9 Å². The van der Waals surface area contributed by atoms with Gasteiger partial charge in [-0.1, -0.05) is 6.07 Å². The van der Waals surface area contributed by atoms with Crippen LogP contribution in [0.2, 0.25) is 0 Å². The van der Waals surface area contributed by atoms with E-state index in [-0.39, 0.29) is 12.3 Å². The molecule has 0 radical (unpaired) electrons. The zero-order valence-electron chi connectivity index (χ0n) is 13.1. The molecule has 2 aromatic heterocycles. The number of carbonyl (C=O) groups is 1. The van der Waals surface area contributed by atoms with Gasteiger partial charge in [0, 0.05) is 19.2 Å². The fourth-order valence-electron chi connectivity index (χ4n) is 1.94. The monoisotopic (exact) mass is 310 g/mol. The molecule has 0 aromatic carbocycles. The first kappa shape index (κ1) is 16.4. The van der Waals surface area contributed by atoms with E-state index < -0.39 is 0 Å². The zero-order valence-corrected chi connectivity index (χ0v) is 13.1. The molecule has 2 N–H and O–H groups in total. The molecule has 2 aromatic rings. The molecular formula is C16H18N6O. The van der Waals surface area contributed by atoms with Gasteiger partial charge in [0.1, 0.15) is 11.6 Å². The van der Waals surface area contributed by atoms with Crippen LogP contribution in [0.25, 0.3) is 0 Å². The van der Waals surface area contributed by atoms with Crippen molar-refractivity contribution in [3.05, 3.63) is 46.9 Å². The molecule has 0 bridgehead atoms. The number of rotatable bonds is 6. The molecule has 1 amide bonds. The second kappa shape index (κ2) is 7.84. The number of hydrogen-bond acceptors (Lipinski definition) is 6. The minimum atomic E-state index is -0.0987. The standard InChI is InChI=1S/C16H18N6O/c1-11-12(2)21-22-16(14(11)9-17)19-8-6-15(23)20-10-13-5-3-4-7-18-13/h3-5,7H,6,8,10H2,1-2H3,(H,19,22)(H,20,23). The number of nitriles is 1. The molecule has 0 atom stereocenters. The van der Waals surface area contributed by atoms with E-state index in [1.807, 2.05) is 25.1 Å². The van der Waals surface area contributed by atoms with Crippen molar-refractivity contribution in [2.24, 2.45) is 0 Å². The van der Waals surface area contributed by atoms with E-state index in [0.29, 0.717) is 24.5 Å². The molecule has 7 heteroatoms. The summed E-state index contributed by atoms with van der Waals surface area (Å²) in [5, 5.41) is 22.9. The second-order valence-corrected chi connectivity index (χ2v) is 5.02. The minimum absolute atomic E-state index is 0.0987. The van der Waals surface area contributed by atoms with Gasteiger partial charge in [-0.05, 0) is 31.5 Å². The van der Waals surface area contributed by atoms with Crippen molar-refractivity contribution in [1.29, 1.82) is 5.26 Å². The average molecular weight is 310 g/mol. The van der Waals surface area contributed by atoms with Crippen molar-refractivity contribution in [3.8, 4) is 6.07 Å². The Bertz CT molecular complexity index is 723. The Hall–Kier alpha value is -3.01. The largest absolute Gasteiger partial charge is 0.367 e. The van der Waals surface area contributed by atoms with Gasteiger partial charge < -0.3 is 10.6 Å². The van der Waals surface area contributed by atoms with E-state index in [1.165, 1.54) is 0 Å². The number of aryl methyl sites for hydroxylation is 1. The van der Waals surface area contributed by atoms with Crippen LogP contribution in [0.15, 0.2) is 24.4 Å². The molecule has 7 nitrogen and oxygen atoms in total. The van der Waals surface area contributed by atoms with Crippen molar-refractivity contribution >= 4 is 11.7 Å². The highest BCUT2D eigenvalue weighted by atomic mass is 16.1. The molecular weight excluding hydrogens is 292 g/mol. The molecule has 23 heavy (non-hydrogen) atoms. The Morgan fingerprint density at radius 3 is 2.83 bits per heavy atom. The maximum absolute atomic E-state index is 11.8. The van der Waals surface area contributed by atoms with Crippen molar-refractivity contribution in [1.82, 2.24) is 20.5 Å². The van der Waals surface area contributed by atoms with Crippen LogP contribution in [-0.4, -0.2) is 27.6 Å². The first-order valence-corrected chi connectivity index (χ1v) is 7.26. The Morgan fingerprint density at radius 2 is 2.13 bits per heavy atom. The quantitative estimate of drug-likeness (QED) is 0.837. The van der Waals surface area contributed by atoms with Crippen LogP contribution >= 0.6 is 0 Å². The average Bonchev–Trinajstić information content (AvgIpc) is 2.57. The molecule has 0 saturated carbocycles. The molecule has 0 aliphatic carbocycles. The van der Waals surface area contributed by atoms with E-state index in [0.717, 1.165) is 17.0 Å². The van der Waals surface area contributed by atoms with Crippen molar-refractivity contribution in [3.63, 3.8) is 0 Å². The van der Waals surface area contributed by atoms with Gasteiger partial charge in [-0.2, -0.15) is 10.4 Å². The Kier molecular flexibility index (Phi) is 5.58. The van der Waals surface area contributed by atoms with Crippen molar-refractivity contribution in [2.45, 2.75) is 26.8 Å². The highest BCUT2D eigenvalue weighted by Crippen LogP contribution is 2.16. The molecule has 0 aliphatic heterocycles. The third-order valence-corrected chi connectivity index (χ3v) is 3.40. The molecule has 0 fully saturated rings. The molecule has 0 aliphatic rings. The van der Waals surface area contributed by atoms with Crippen LogP contribution in [-0.2, 0) is 11.3 Å². The summed E-state index contributed by atoms with van der Waals surface area (Å²) >= 11 is 0. The van der Waals surface area contributed by atoms with Crippen LogP contribution in [0.5, 0.6) is 0 Å². The van der Waals surface area contributed by atoms with E-state index in [9.17, 15) is 10.1 Å². The van der Waals surface area contributed by atoms with Crippen LogP contribution in [0.3, 0.4) is 0 Å². The van der Waals surface area contributed by atoms with Gasteiger partial charge in [0.25, 0.3) is 0 Å². The second-order valence-electron chi connectivity index (χ2n) is 5.02. The summed E-state index contributed by atoms with van der Waals surface area (Å²) in [6.07, 6.45) is 1.96. The fraction of sp³-hybridized carbons (Fsp3) is 0.312. The summed E-state index contributed by atoms with van der Waals surface area (Å²) in [4.78, 5) is 15.9. The summed E-state index contributed by atoms with van der Waals surface area (Å²) in [5.74, 6) is 0.312. The topological polar surface area (TPSA) is 104 Å². The molecule has 0 saturated heterocycles. The maximum Gasteiger partial charge on any atom is 0.222 e. The molecule has 118 valence electrons. The van der Waals surface area contributed by atoms with Gasteiger partial charge in [-0.25, -0.2) is 0 Å². The number of hydrogen-bond donors (Lipinski definition) is 2. The predicted octanol–water partition coefficient (Wildman–Crippen LogP) is 1.48. The number of carbonyl (C=O) groups excluding carboxylic acids is 1. The van der Waals surface area contributed by atoms with Gasteiger partial charge in [-0.15, -0.1) is 5.10 Å². The predicted molar refractivity (Wildman–Crippen MR) is 85.4 cm³/mol. The van der Waals surface area contributed by atoms with Crippen LogP contribution in [0, 0.1) is 25.2 Å². The smallest absolute Gasteiger partial charge is 0.222 e. The number of amides is 1. The third kappa shape index (κ3) is 4.48. The lowest BCUT2D eigenvalue weighted by Gasteiger charge is -2.09. The Morgan fingerprint density at radius 1 is 1.30 bits per heavy atom. The first-order chi connectivity index (χ1) is 11.1. The summed E-state index contributed by atoms with van der Waals surface area (Å²) < 4.78 is 0. The maximum atomic E-state index is 11.8. The zero-order chi connectivity index (χ0) is 16.7. The van der Waals surface area contributed by atoms with Gasteiger partial charge in [0.2, 0.25) is 5.91 Å². The SMILES string of the molecule is Cc1nnc(NCCC(=O)NCc2ccccn2)c(C#N)c1C. The van der Waals surface area contributed by atoms with Crippen LogP contribution < -0.4 is 10.6 Å². The third-order valence-electron chi connectivity index (χ3n) is 3.40. The molecule has 2 rings (SSSR count). The highest BCUT2D eigenvalue weighted by molar-refractivity contribution is 5.76. The van der Waals surface area contributed by atoms with Gasteiger partial charge in [-0.3, -0.25) is 9.78 Å². The number of pyridine rings is 1. The molecule has 2 heterocycles. The molecule has 0 spiro atoms. The number of nitrogens with zero attached hydrogens (tertiary/aromatic N) is 4. The minimum Gasteiger partial charge on any atom is -0.367 e.